The van der Waals surface area contributed by atoms with Gasteiger partial charge in [0.25, 0.3) is 5.91 Å². The molecule has 98 valence electrons. The van der Waals surface area contributed by atoms with Gasteiger partial charge in [-0.3, -0.25) is 4.79 Å². The number of nitrogens with two attached hydrogens (primary N) is 2. The van der Waals surface area contributed by atoms with E-state index in [-0.39, 0.29) is 0 Å². The molecule has 1 aliphatic heterocycles. The highest BCUT2D eigenvalue weighted by molar-refractivity contribution is 8.00. The minimum Gasteiger partial charge on any atom is -0.399 e. The Labute approximate surface area is 112 Å². The van der Waals surface area contributed by atoms with Gasteiger partial charge in [-0.2, -0.15) is 11.8 Å². The van der Waals surface area contributed by atoms with Gasteiger partial charge < -0.3 is 16.4 Å². The highest BCUT2D eigenvalue weighted by Crippen LogP contribution is 2.31. The predicted molar refractivity (Wildman–Crippen MR) is 78.1 cm³/mol. The fraction of sp³-hybridized carbons (Fsp3) is 0.462. The monoisotopic (exact) mass is 265 g/mol. The number of carbonyl (C=O) groups is 1. The van der Waals surface area contributed by atoms with Crippen molar-refractivity contribution in [1.29, 1.82) is 0 Å². The molecule has 5 heteroatoms. The lowest BCUT2D eigenvalue weighted by molar-refractivity contribution is 0.100. The summed E-state index contributed by atoms with van der Waals surface area (Å²) in [5.41, 5.74) is 13.1. The maximum absolute atomic E-state index is 11.5. The van der Waals surface area contributed by atoms with Crippen LogP contribution in [0.1, 0.15) is 24.2 Å². The first-order valence-corrected chi connectivity index (χ1v) is 7.01. The zero-order valence-electron chi connectivity index (χ0n) is 10.7. The summed E-state index contributed by atoms with van der Waals surface area (Å²) in [6, 6.07) is 5.37. The van der Waals surface area contributed by atoms with Gasteiger partial charge in [-0.1, -0.05) is 13.8 Å². The molecule has 1 amide bonds. The molecule has 18 heavy (non-hydrogen) atoms. The van der Waals surface area contributed by atoms with E-state index in [2.05, 4.69) is 18.7 Å². The molecule has 1 aromatic carbocycles. The fourth-order valence-electron chi connectivity index (χ4n) is 2.40. The van der Waals surface area contributed by atoms with Crippen molar-refractivity contribution in [3.8, 4) is 0 Å². The number of nitrogen functional groups attached to an aromatic ring is 1. The van der Waals surface area contributed by atoms with E-state index >= 15 is 0 Å². The van der Waals surface area contributed by atoms with Crippen LogP contribution in [0.2, 0.25) is 0 Å². The summed E-state index contributed by atoms with van der Waals surface area (Å²) >= 11 is 1.97. The second-order valence-corrected chi connectivity index (χ2v) is 6.68. The summed E-state index contributed by atoms with van der Waals surface area (Å²) in [5.74, 6) is -0.421. The molecule has 1 aliphatic rings. The van der Waals surface area contributed by atoms with Crippen LogP contribution in [-0.4, -0.2) is 29.5 Å². The highest BCUT2D eigenvalue weighted by atomic mass is 32.2. The maximum atomic E-state index is 11.5. The lowest BCUT2D eigenvalue weighted by atomic mass is 10.1. The molecule has 2 rings (SSSR count). The predicted octanol–water partition coefficient (Wildman–Crippen LogP) is 1.70. The molecule has 1 fully saturated rings. The van der Waals surface area contributed by atoms with Crippen LogP contribution in [0.25, 0.3) is 0 Å². The third-order valence-electron chi connectivity index (χ3n) is 3.05. The number of hydrogen-bond acceptors (Lipinski definition) is 4. The molecule has 1 saturated heterocycles. The number of thioether (sulfide) groups is 1. The largest absolute Gasteiger partial charge is 0.399 e. The first kappa shape index (κ1) is 13.1. The number of nitrogens with zero attached hydrogens (tertiary/aromatic N) is 1. The molecule has 0 bridgehead atoms. The summed E-state index contributed by atoms with van der Waals surface area (Å²) in [4.78, 5) is 13.7. The third-order valence-corrected chi connectivity index (χ3v) is 4.27. The van der Waals surface area contributed by atoms with E-state index in [1.807, 2.05) is 23.9 Å². The van der Waals surface area contributed by atoms with E-state index in [0.717, 1.165) is 18.8 Å². The van der Waals surface area contributed by atoms with E-state index in [0.29, 0.717) is 21.8 Å². The second kappa shape index (κ2) is 5.10. The Kier molecular flexibility index (Phi) is 3.71. The Balaban J connectivity index is 2.35. The van der Waals surface area contributed by atoms with Crippen LogP contribution in [-0.2, 0) is 0 Å². The van der Waals surface area contributed by atoms with Crippen molar-refractivity contribution in [3.05, 3.63) is 23.8 Å². The Morgan fingerprint density at radius 2 is 1.94 bits per heavy atom. The lowest BCUT2D eigenvalue weighted by Crippen LogP contribution is -2.41. The van der Waals surface area contributed by atoms with Crippen molar-refractivity contribution in [1.82, 2.24) is 0 Å². The Hall–Kier alpha value is -1.36. The van der Waals surface area contributed by atoms with Crippen LogP contribution in [0.5, 0.6) is 0 Å². The van der Waals surface area contributed by atoms with Gasteiger partial charge in [0.1, 0.15) is 0 Å². The van der Waals surface area contributed by atoms with Crippen LogP contribution in [0, 0.1) is 0 Å². The molecule has 0 radical (unpaired) electrons. The normalized spacial score (nSPS) is 24.0. The van der Waals surface area contributed by atoms with E-state index in [1.54, 1.807) is 6.07 Å². The van der Waals surface area contributed by atoms with Gasteiger partial charge in [0.15, 0.2) is 0 Å². The van der Waals surface area contributed by atoms with Gasteiger partial charge in [-0.05, 0) is 18.2 Å². The topological polar surface area (TPSA) is 72.3 Å². The highest BCUT2D eigenvalue weighted by Gasteiger charge is 2.25. The number of amides is 1. The standard InChI is InChI=1S/C13H19N3OS/c1-8-6-16(7-9(2)18-8)12-4-3-10(14)5-11(12)13(15)17/h3-5,8-9H,6-7,14H2,1-2H3,(H2,15,17). The first-order chi connectivity index (χ1) is 8.47. The van der Waals surface area contributed by atoms with Gasteiger partial charge in [0.2, 0.25) is 0 Å². The number of anilines is 2. The molecule has 0 spiro atoms. The maximum Gasteiger partial charge on any atom is 0.250 e. The molecule has 4 nitrogen and oxygen atoms in total. The zero-order valence-corrected chi connectivity index (χ0v) is 11.5. The molecule has 1 heterocycles. The van der Waals surface area contributed by atoms with Crippen molar-refractivity contribution in [2.45, 2.75) is 24.3 Å². The SMILES string of the molecule is CC1CN(c2ccc(N)cc2C(N)=O)CC(C)S1. The average Bonchev–Trinajstić information content (AvgIpc) is 2.27. The molecule has 0 aromatic heterocycles. The van der Waals surface area contributed by atoms with Crippen LogP contribution in [0.15, 0.2) is 18.2 Å². The van der Waals surface area contributed by atoms with Gasteiger partial charge >= 0.3 is 0 Å². The molecule has 2 unspecified atom stereocenters. The number of primary amides is 1. The van der Waals surface area contributed by atoms with Crippen molar-refractivity contribution in [2.75, 3.05) is 23.7 Å². The minimum atomic E-state index is -0.421. The van der Waals surface area contributed by atoms with Crippen molar-refractivity contribution >= 4 is 29.0 Å². The average molecular weight is 265 g/mol. The van der Waals surface area contributed by atoms with Crippen molar-refractivity contribution in [2.24, 2.45) is 5.73 Å². The number of carbonyl (C=O) groups excluding carboxylic acids is 1. The van der Waals surface area contributed by atoms with Crippen LogP contribution in [0.3, 0.4) is 0 Å². The van der Waals surface area contributed by atoms with Crippen LogP contribution >= 0.6 is 11.8 Å². The van der Waals surface area contributed by atoms with Gasteiger partial charge in [0, 0.05) is 35.0 Å². The number of rotatable bonds is 2. The van der Waals surface area contributed by atoms with Gasteiger partial charge in [-0.25, -0.2) is 0 Å². The third kappa shape index (κ3) is 2.72. The van der Waals surface area contributed by atoms with Crippen molar-refractivity contribution in [3.63, 3.8) is 0 Å². The van der Waals surface area contributed by atoms with Gasteiger partial charge in [-0.15, -0.1) is 0 Å². The number of benzene rings is 1. The molecule has 1 aromatic rings. The number of hydrogen-bond donors (Lipinski definition) is 2. The van der Waals surface area contributed by atoms with Gasteiger partial charge in [0.05, 0.1) is 5.56 Å². The summed E-state index contributed by atoms with van der Waals surface area (Å²) < 4.78 is 0. The lowest BCUT2D eigenvalue weighted by Gasteiger charge is -2.37. The van der Waals surface area contributed by atoms with E-state index < -0.39 is 5.91 Å². The minimum absolute atomic E-state index is 0.421. The summed E-state index contributed by atoms with van der Waals surface area (Å²) in [7, 11) is 0. The van der Waals surface area contributed by atoms with E-state index in [1.165, 1.54) is 0 Å². The quantitative estimate of drug-likeness (QED) is 0.798. The molecule has 0 saturated carbocycles. The Morgan fingerprint density at radius 3 is 2.50 bits per heavy atom. The fourth-order valence-corrected chi connectivity index (χ4v) is 3.73. The second-order valence-electron chi connectivity index (χ2n) is 4.80. The van der Waals surface area contributed by atoms with Crippen molar-refractivity contribution < 1.29 is 4.79 Å². The van der Waals surface area contributed by atoms with Crippen LogP contribution in [0.4, 0.5) is 11.4 Å². The summed E-state index contributed by atoms with van der Waals surface area (Å²) in [6.07, 6.45) is 0. The molecular weight excluding hydrogens is 246 g/mol. The molecule has 2 atom stereocenters. The molecule has 4 N–H and O–H groups in total. The molecular formula is C13H19N3OS. The van der Waals surface area contributed by atoms with E-state index in [9.17, 15) is 4.79 Å². The Bertz CT molecular complexity index is 454. The van der Waals surface area contributed by atoms with Crippen LogP contribution < -0.4 is 16.4 Å². The summed E-state index contributed by atoms with van der Waals surface area (Å²) in [6.45, 7) is 6.27. The smallest absolute Gasteiger partial charge is 0.250 e. The Morgan fingerprint density at radius 1 is 1.33 bits per heavy atom. The molecule has 0 aliphatic carbocycles. The zero-order chi connectivity index (χ0) is 13.3. The first-order valence-electron chi connectivity index (χ1n) is 6.07. The summed E-state index contributed by atoms with van der Waals surface area (Å²) in [5, 5.41) is 1.10. The van der Waals surface area contributed by atoms with E-state index in [4.69, 9.17) is 11.5 Å².